The molecule has 0 aliphatic heterocycles. The third-order valence-corrected chi connectivity index (χ3v) is 4.45. The maximum Gasteiger partial charge on any atom is 0.253 e. The lowest BCUT2D eigenvalue weighted by atomic mass is 10.1. The van der Waals surface area contributed by atoms with Crippen LogP contribution in [-0.2, 0) is 12.8 Å². The number of aliphatic imine (C=N–C) groups is 1. The molecular formula is C22H34N6O2. The van der Waals surface area contributed by atoms with Crippen molar-refractivity contribution >= 4 is 11.9 Å². The normalized spacial score (nSPS) is 11.6. The maximum atomic E-state index is 12.1. The summed E-state index contributed by atoms with van der Waals surface area (Å²) in [7, 11) is 3.52. The van der Waals surface area contributed by atoms with E-state index in [4.69, 9.17) is 4.52 Å². The Morgan fingerprint density at radius 1 is 1.23 bits per heavy atom. The third-order valence-electron chi connectivity index (χ3n) is 4.45. The average Bonchev–Trinajstić information content (AvgIpc) is 3.20. The van der Waals surface area contributed by atoms with Crippen molar-refractivity contribution in [2.45, 2.75) is 46.0 Å². The van der Waals surface area contributed by atoms with Crippen molar-refractivity contribution in [2.24, 2.45) is 4.99 Å². The van der Waals surface area contributed by atoms with Gasteiger partial charge in [0.2, 0.25) is 5.89 Å². The van der Waals surface area contributed by atoms with Gasteiger partial charge in [0.1, 0.15) is 0 Å². The summed E-state index contributed by atoms with van der Waals surface area (Å²) in [6.07, 6.45) is 2.36. The van der Waals surface area contributed by atoms with E-state index in [0.29, 0.717) is 18.0 Å². The zero-order valence-electron chi connectivity index (χ0n) is 18.7. The summed E-state index contributed by atoms with van der Waals surface area (Å²) in [5.74, 6) is 2.48. The number of amides is 1. The number of rotatable bonds is 10. The van der Waals surface area contributed by atoms with Crippen LogP contribution in [-0.4, -0.2) is 60.6 Å². The Hall–Kier alpha value is -2.90. The van der Waals surface area contributed by atoms with Gasteiger partial charge in [-0.2, -0.15) is 4.98 Å². The minimum atomic E-state index is 0.0153. The summed E-state index contributed by atoms with van der Waals surface area (Å²) < 4.78 is 5.27. The molecule has 8 heteroatoms. The number of hydrogen-bond donors (Lipinski definition) is 2. The molecule has 8 nitrogen and oxygen atoms in total. The van der Waals surface area contributed by atoms with Crippen molar-refractivity contribution in [3.8, 4) is 0 Å². The highest BCUT2D eigenvalue weighted by Gasteiger charge is 2.10. The van der Waals surface area contributed by atoms with E-state index >= 15 is 0 Å². The smallest absolute Gasteiger partial charge is 0.253 e. The lowest BCUT2D eigenvalue weighted by molar-refractivity contribution is 0.0827. The van der Waals surface area contributed by atoms with Crippen LogP contribution in [0.2, 0.25) is 0 Å². The monoisotopic (exact) mass is 414 g/mol. The number of carbonyl (C=O) groups excluding carboxylic acids is 1. The third kappa shape index (κ3) is 7.50. The molecule has 1 amide bonds. The van der Waals surface area contributed by atoms with E-state index in [1.807, 2.05) is 45.0 Å². The molecule has 1 aromatic carbocycles. The fraction of sp³-hybridized carbons (Fsp3) is 0.545. The second-order valence-corrected chi connectivity index (χ2v) is 7.64. The second kappa shape index (κ2) is 11.9. The Bertz CT molecular complexity index is 829. The van der Waals surface area contributed by atoms with Gasteiger partial charge in [0.05, 0.1) is 0 Å². The van der Waals surface area contributed by atoms with Gasteiger partial charge in [-0.25, -0.2) is 0 Å². The lowest BCUT2D eigenvalue weighted by Gasteiger charge is -2.13. The molecular weight excluding hydrogens is 380 g/mol. The number of benzene rings is 1. The molecule has 0 bridgehead atoms. The van der Waals surface area contributed by atoms with Crippen LogP contribution in [0.5, 0.6) is 0 Å². The number of aryl methyl sites for hydroxylation is 1. The van der Waals surface area contributed by atoms with Crippen molar-refractivity contribution in [1.82, 2.24) is 25.7 Å². The standard InChI is InChI=1S/C22H34N6O2/c1-6-23-22(24-13-8-11-19-26-20(16(2)3)27-30-19)25-14-12-17-9-7-10-18(15-17)21(29)28(4)5/h7,9-10,15-16H,6,8,11-14H2,1-5H3,(H2,23,24,25). The number of nitrogens with zero attached hydrogens (tertiary/aromatic N) is 4. The van der Waals surface area contributed by atoms with Crippen molar-refractivity contribution in [3.05, 3.63) is 47.1 Å². The summed E-state index contributed by atoms with van der Waals surface area (Å²) in [5.41, 5.74) is 1.82. The van der Waals surface area contributed by atoms with Crippen LogP contribution in [0.1, 0.15) is 60.7 Å². The first-order valence-electron chi connectivity index (χ1n) is 10.6. The second-order valence-electron chi connectivity index (χ2n) is 7.64. The Balaban J connectivity index is 1.80. The minimum Gasteiger partial charge on any atom is -0.357 e. The van der Waals surface area contributed by atoms with E-state index in [-0.39, 0.29) is 11.8 Å². The van der Waals surface area contributed by atoms with E-state index in [1.165, 1.54) is 0 Å². The van der Waals surface area contributed by atoms with Crippen molar-refractivity contribution in [3.63, 3.8) is 0 Å². The molecule has 1 heterocycles. The zero-order valence-corrected chi connectivity index (χ0v) is 18.7. The van der Waals surface area contributed by atoms with Crippen LogP contribution < -0.4 is 10.6 Å². The number of hydrogen-bond acceptors (Lipinski definition) is 5. The molecule has 0 fully saturated rings. The Labute approximate surface area is 179 Å². The molecule has 1 aromatic heterocycles. The quantitative estimate of drug-likeness (QED) is 0.352. The highest BCUT2D eigenvalue weighted by Crippen LogP contribution is 2.10. The Morgan fingerprint density at radius 3 is 2.70 bits per heavy atom. The molecule has 2 aromatic rings. The van der Waals surface area contributed by atoms with E-state index in [9.17, 15) is 4.79 Å². The van der Waals surface area contributed by atoms with E-state index in [0.717, 1.165) is 49.7 Å². The lowest BCUT2D eigenvalue weighted by Crippen LogP contribution is -2.38. The van der Waals surface area contributed by atoms with Gasteiger partial charge in [0.25, 0.3) is 5.91 Å². The van der Waals surface area contributed by atoms with Crippen LogP contribution in [0.4, 0.5) is 0 Å². The van der Waals surface area contributed by atoms with E-state index in [1.54, 1.807) is 19.0 Å². The molecule has 0 aliphatic rings. The molecule has 164 valence electrons. The first kappa shape index (κ1) is 23.4. The molecule has 0 radical (unpaired) electrons. The molecule has 2 N–H and O–H groups in total. The molecule has 0 atom stereocenters. The molecule has 2 rings (SSSR count). The largest absolute Gasteiger partial charge is 0.357 e. The molecule has 0 saturated carbocycles. The Kier molecular flexibility index (Phi) is 9.31. The topological polar surface area (TPSA) is 95.6 Å². The van der Waals surface area contributed by atoms with Gasteiger partial charge < -0.3 is 20.1 Å². The number of guanidine groups is 1. The van der Waals surface area contributed by atoms with Gasteiger partial charge in [-0.1, -0.05) is 31.1 Å². The van der Waals surface area contributed by atoms with Crippen LogP contribution in [0, 0.1) is 0 Å². The van der Waals surface area contributed by atoms with Crippen molar-refractivity contribution < 1.29 is 9.32 Å². The van der Waals surface area contributed by atoms with Crippen molar-refractivity contribution in [1.29, 1.82) is 0 Å². The zero-order chi connectivity index (χ0) is 21.9. The van der Waals surface area contributed by atoms with Gasteiger partial charge in [-0.15, -0.1) is 0 Å². The van der Waals surface area contributed by atoms with Gasteiger partial charge in [-0.3, -0.25) is 9.79 Å². The summed E-state index contributed by atoms with van der Waals surface area (Å²) >= 11 is 0. The van der Waals surface area contributed by atoms with E-state index in [2.05, 4.69) is 25.8 Å². The summed E-state index contributed by atoms with van der Waals surface area (Å²) in [5, 5.41) is 10.6. The van der Waals surface area contributed by atoms with Crippen LogP contribution in [0.25, 0.3) is 0 Å². The molecule has 0 unspecified atom stereocenters. The van der Waals surface area contributed by atoms with Gasteiger partial charge >= 0.3 is 0 Å². The maximum absolute atomic E-state index is 12.1. The fourth-order valence-corrected chi connectivity index (χ4v) is 2.81. The summed E-state index contributed by atoms with van der Waals surface area (Å²) in [4.78, 5) is 22.7. The highest BCUT2D eigenvalue weighted by molar-refractivity contribution is 5.94. The first-order valence-corrected chi connectivity index (χ1v) is 10.6. The first-order chi connectivity index (χ1) is 14.4. The number of nitrogens with one attached hydrogen (secondary N) is 2. The highest BCUT2D eigenvalue weighted by atomic mass is 16.5. The number of aromatic nitrogens is 2. The SMILES string of the molecule is CCNC(=NCCCc1nc(C(C)C)no1)NCCc1cccc(C(=O)N(C)C)c1. The molecule has 0 aliphatic carbocycles. The Morgan fingerprint density at radius 2 is 2.03 bits per heavy atom. The van der Waals surface area contributed by atoms with Crippen molar-refractivity contribution in [2.75, 3.05) is 33.7 Å². The predicted molar refractivity (Wildman–Crippen MR) is 119 cm³/mol. The predicted octanol–water partition coefficient (Wildman–Crippen LogP) is 2.63. The van der Waals surface area contributed by atoms with Gasteiger partial charge in [0, 0.05) is 51.6 Å². The number of carbonyl (C=O) groups is 1. The minimum absolute atomic E-state index is 0.0153. The molecule has 0 spiro atoms. The molecule has 0 saturated heterocycles. The average molecular weight is 415 g/mol. The van der Waals surface area contributed by atoms with Gasteiger partial charge in [0.15, 0.2) is 11.8 Å². The summed E-state index contributed by atoms with van der Waals surface area (Å²) in [6.45, 7) is 8.32. The fourth-order valence-electron chi connectivity index (χ4n) is 2.81. The van der Waals surface area contributed by atoms with Crippen LogP contribution in [0.15, 0.2) is 33.8 Å². The van der Waals surface area contributed by atoms with Crippen LogP contribution in [0.3, 0.4) is 0 Å². The summed E-state index contributed by atoms with van der Waals surface area (Å²) in [6, 6.07) is 7.75. The van der Waals surface area contributed by atoms with E-state index < -0.39 is 0 Å². The molecule has 30 heavy (non-hydrogen) atoms. The van der Waals surface area contributed by atoms with Gasteiger partial charge in [-0.05, 0) is 37.5 Å². The van der Waals surface area contributed by atoms with Crippen LogP contribution >= 0.6 is 0 Å².